The summed E-state index contributed by atoms with van der Waals surface area (Å²) < 4.78 is 38.8. The lowest BCUT2D eigenvalue weighted by Crippen LogP contribution is -2.22. The summed E-state index contributed by atoms with van der Waals surface area (Å²) >= 11 is 0. The van der Waals surface area contributed by atoms with E-state index in [1.54, 1.807) is 50.4 Å². The maximum atomic E-state index is 14.1. The fourth-order valence-electron chi connectivity index (χ4n) is 4.04. The maximum Gasteiger partial charge on any atom is 0.191 e. The Morgan fingerprint density at radius 3 is 2.54 bits per heavy atom. The van der Waals surface area contributed by atoms with E-state index in [-0.39, 0.29) is 24.8 Å². The third-order valence-corrected chi connectivity index (χ3v) is 5.82. The molecular weight excluding hydrogens is 454 g/mol. The molecule has 4 aromatic rings. The Hall–Kier alpha value is -3.91. The number of aliphatic hydroxyl groups is 1. The standard InChI is InChI=1S/C27H26F2N2O4/c1-15-8-17(28)4-5-21(15)26(31-18-10-19(34-3)12-20(11-18)35-7-6-32)27(33)23-14-30-25-13-24(29)16(2)9-22(23)25/h4-5,8-14,26,30-32H,6-7H2,1-3H3. The van der Waals surface area contributed by atoms with Gasteiger partial charge in [-0.05, 0) is 54.8 Å². The lowest BCUT2D eigenvalue weighted by Gasteiger charge is -2.22. The highest BCUT2D eigenvalue weighted by Gasteiger charge is 2.27. The molecule has 0 aliphatic rings. The van der Waals surface area contributed by atoms with Gasteiger partial charge in [-0.15, -0.1) is 0 Å². The first-order valence-corrected chi connectivity index (χ1v) is 11.1. The smallest absolute Gasteiger partial charge is 0.191 e. The van der Waals surface area contributed by atoms with Crippen LogP contribution in [0.4, 0.5) is 14.5 Å². The second kappa shape index (κ2) is 10.1. The number of carbonyl (C=O) groups excluding carboxylic acids is 1. The summed E-state index contributed by atoms with van der Waals surface area (Å²) in [5, 5.41) is 12.9. The van der Waals surface area contributed by atoms with Crippen molar-refractivity contribution in [2.75, 3.05) is 25.6 Å². The highest BCUT2D eigenvalue weighted by Crippen LogP contribution is 2.33. The van der Waals surface area contributed by atoms with Gasteiger partial charge in [-0.3, -0.25) is 4.79 Å². The van der Waals surface area contributed by atoms with E-state index in [0.29, 0.717) is 50.3 Å². The SMILES string of the molecule is COc1cc(NC(C(=O)c2c[nH]c3cc(F)c(C)cc23)c2ccc(F)cc2C)cc(OCCO)c1. The van der Waals surface area contributed by atoms with Gasteiger partial charge in [0.1, 0.15) is 35.8 Å². The lowest BCUT2D eigenvalue weighted by atomic mass is 9.93. The largest absolute Gasteiger partial charge is 0.497 e. The summed E-state index contributed by atoms with van der Waals surface area (Å²) in [7, 11) is 1.51. The van der Waals surface area contributed by atoms with Crippen LogP contribution >= 0.6 is 0 Å². The molecule has 1 aromatic heterocycles. The van der Waals surface area contributed by atoms with E-state index < -0.39 is 11.9 Å². The molecule has 0 saturated carbocycles. The molecule has 0 aliphatic carbocycles. The first kappa shape index (κ1) is 24.2. The average molecular weight is 481 g/mol. The number of hydrogen-bond acceptors (Lipinski definition) is 5. The van der Waals surface area contributed by atoms with E-state index in [0.717, 1.165) is 0 Å². The highest BCUT2D eigenvalue weighted by atomic mass is 19.1. The maximum absolute atomic E-state index is 14.1. The van der Waals surface area contributed by atoms with Crippen molar-refractivity contribution in [2.24, 2.45) is 0 Å². The normalized spacial score (nSPS) is 11.9. The number of fused-ring (bicyclic) bond motifs is 1. The second-order valence-corrected chi connectivity index (χ2v) is 8.26. The molecule has 4 rings (SSSR count). The zero-order valence-corrected chi connectivity index (χ0v) is 19.6. The molecule has 0 fully saturated rings. The number of methoxy groups -OCH3 is 1. The molecule has 1 unspecified atom stereocenters. The molecule has 0 spiro atoms. The van der Waals surface area contributed by atoms with Crippen LogP contribution in [0.15, 0.2) is 54.7 Å². The zero-order valence-electron chi connectivity index (χ0n) is 19.6. The van der Waals surface area contributed by atoms with E-state index in [1.807, 2.05) is 0 Å². The lowest BCUT2D eigenvalue weighted by molar-refractivity contribution is 0.0970. The average Bonchev–Trinajstić information content (AvgIpc) is 3.23. The quantitative estimate of drug-likeness (QED) is 0.276. The van der Waals surface area contributed by atoms with Gasteiger partial charge in [0.15, 0.2) is 5.78 Å². The fraction of sp³-hybridized carbons (Fsp3) is 0.222. The van der Waals surface area contributed by atoms with Gasteiger partial charge in [-0.1, -0.05) is 6.07 Å². The van der Waals surface area contributed by atoms with Crippen molar-refractivity contribution in [3.8, 4) is 11.5 Å². The molecule has 6 nitrogen and oxygen atoms in total. The Labute approximate surface area is 201 Å². The first-order valence-electron chi connectivity index (χ1n) is 11.1. The van der Waals surface area contributed by atoms with Crippen LogP contribution in [0.2, 0.25) is 0 Å². The highest BCUT2D eigenvalue weighted by molar-refractivity contribution is 6.11. The summed E-state index contributed by atoms with van der Waals surface area (Å²) in [6, 6.07) is 11.4. The number of Topliss-reactive ketones (excluding diaryl/α,β-unsaturated/α-hetero) is 1. The van der Waals surface area contributed by atoms with Crippen molar-refractivity contribution in [3.05, 3.63) is 88.6 Å². The number of ether oxygens (including phenoxy) is 2. The number of H-pyrrole nitrogens is 1. The predicted octanol–water partition coefficient (Wildman–Crippen LogP) is 5.48. The van der Waals surface area contributed by atoms with Gasteiger partial charge in [0.2, 0.25) is 0 Å². The molecule has 3 aromatic carbocycles. The summed E-state index contributed by atoms with van der Waals surface area (Å²) in [4.78, 5) is 16.9. The van der Waals surface area contributed by atoms with Gasteiger partial charge in [0, 0.05) is 46.5 Å². The molecule has 0 radical (unpaired) electrons. The minimum atomic E-state index is -0.891. The number of halogens is 2. The van der Waals surface area contributed by atoms with E-state index >= 15 is 0 Å². The second-order valence-electron chi connectivity index (χ2n) is 8.26. The number of rotatable bonds is 9. The summed E-state index contributed by atoms with van der Waals surface area (Å²) in [5.41, 5.74) is 3.02. The Bertz CT molecular complexity index is 1380. The third kappa shape index (κ3) is 5.12. The summed E-state index contributed by atoms with van der Waals surface area (Å²) in [6.07, 6.45) is 1.56. The molecule has 8 heteroatoms. The Morgan fingerprint density at radius 1 is 1.06 bits per heavy atom. The number of ketones is 1. The topological polar surface area (TPSA) is 83.6 Å². The Balaban J connectivity index is 1.80. The number of nitrogens with one attached hydrogen (secondary N) is 2. The number of aliphatic hydroxyl groups excluding tert-OH is 1. The number of anilines is 1. The number of aryl methyl sites for hydroxylation is 2. The first-order chi connectivity index (χ1) is 16.8. The molecule has 182 valence electrons. The summed E-state index contributed by atoms with van der Waals surface area (Å²) in [5.74, 6) is -0.118. The van der Waals surface area contributed by atoms with Crippen LogP contribution in [0.3, 0.4) is 0 Å². The van der Waals surface area contributed by atoms with Gasteiger partial charge in [0.05, 0.1) is 13.7 Å². The monoisotopic (exact) mass is 480 g/mol. The fourth-order valence-corrected chi connectivity index (χ4v) is 4.04. The molecule has 0 aliphatic heterocycles. The molecule has 0 amide bonds. The molecule has 1 heterocycles. The Kier molecular flexibility index (Phi) is 7.02. The summed E-state index contributed by atoms with van der Waals surface area (Å²) in [6.45, 7) is 3.31. The molecule has 0 bridgehead atoms. The minimum Gasteiger partial charge on any atom is -0.497 e. The minimum absolute atomic E-state index is 0.0945. The Morgan fingerprint density at radius 2 is 1.83 bits per heavy atom. The molecule has 1 atom stereocenters. The number of hydrogen-bond donors (Lipinski definition) is 3. The van der Waals surface area contributed by atoms with Gasteiger partial charge >= 0.3 is 0 Å². The van der Waals surface area contributed by atoms with Crippen LogP contribution in [0.25, 0.3) is 10.9 Å². The van der Waals surface area contributed by atoms with Gasteiger partial charge in [-0.25, -0.2) is 8.78 Å². The van der Waals surface area contributed by atoms with Crippen LogP contribution < -0.4 is 14.8 Å². The van der Waals surface area contributed by atoms with Crippen molar-refractivity contribution >= 4 is 22.4 Å². The van der Waals surface area contributed by atoms with E-state index in [9.17, 15) is 13.6 Å². The number of benzene rings is 3. The van der Waals surface area contributed by atoms with Crippen molar-refractivity contribution in [1.82, 2.24) is 4.98 Å². The van der Waals surface area contributed by atoms with Gasteiger partial charge < -0.3 is 24.9 Å². The number of aromatic nitrogens is 1. The van der Waals surface area contributed by atoms with Crippen LogP contribution in [0.5, 0.6) is 11.5 Å². The van der Waals surface area contributed by atoms with Gasteiger partial charge in [0.25, 0.3) is 0 Å². The molecular formula is C27H26F2N2O4. The van der Waals surface area contributed by atoms with Crippen LogP contribution in [0, 0.1) is 25.5 Å². The van der Waals surface area contributed by atoms with Crippen molar-refractivity contribution in [3.63, 3.8) is 0 Å². The van der Waals surface area contributed by atoms with Crippen molar-refractivity contribution in [2.45, 2.75) is 19.9 Å². The van der Waals surface area contributed by atoms with E-state index in [2.05, 4.69) is 10.3 Å². The van der Waals surface area contributed by atoms with Crippen LogP contribution in [-0.2, 0) is 0 Å². The van der Waals surface area contributed by atoms with Crippen molar-refractivity contribution in [1.29, 1.82) is 0 Å². The number of carbonyl (C=O) groups is 1. The number of aromatic amines is 1. The van der Waals surface area contributed by atoms with Crippen molar-refractivity contribution < 1.29 is 28.2 Å². The van der Waals surface area contributed by atoms with Gasteiger partial charge in [-0.2, -0.15) is 0 Å². The molecule has 35 heavy (non-hydrogen) atoms. The predicted molar refractivity (Wildman–Crippen MR) is 130 cm³/mol. The zero-order chi connectivity index (χ0) is 25.1. The molecule has 3 N–H and O–H groups in total. The van der Waals surface area contributed by atoms with Crippen LogP contribution in [-0.4, -0.2) is 36.2 Å². The van der Waals surface area contributed by atoms with E-state index in [4.69, 9.17) is 14.6 Å². The molecule has 0 saturated heterocycles. The third-order valence-electron chi connectivity index (χ3n) is 5.82. The van der Waals surface area contributed by atoms with Crippen LogP contribution in [0.1, 0.15) is 33.1 Å². The van der Waals surface area contributed by atoms with E-state index in [1.165, 1.54) is 25.3 Å².